The zero-order valence-electron chi connectivity index (χ0n) is 16.5. The summed E-state index contributed by atoms with van der Waals surface area (Å²) in [4.78, 5) is 7.08. The highest BCUT2D eigenvalue weighted by Crippen LogP contribution is 2.26. The summed E-state index contributed by atoms with van der Waals surface area (Å²) in [6.07, 6.45) is 15.3. The minimum atomic E-state index is 0. The lowest BCUT2D eigenvalue weighted by Gasteiger charge is -2.24. The predicted molar refractivity (Wildman–Crippen MR) is 120 cm³/mol. The number of ether oxygens (including phenoxy) is 1. The van der Waals surface area contributed by atoms with Gasteiger partial charge >= 0.3 is 0 Å². The molecule has 0 aromatic heterocycles. The van der Waals surface area contributed by atoms with Crippen LogP contribution in [0.5, 0.6) is 0 Å². The van der Waals surface area contributed by atoms with Gasteiger partial charge in [-0.1, -0.05) is 38.5 Å². The monoisotopic (exact) mass is 478 g/mol. The Hall–Kier alpha value is -0.0800. The van der Waals surface area contributed by atoms with E-state index in [9.17, 15) is 0 Å². The highest BCUT2D eigenvalue weighted by atomic mass is 127. The molecule has 3 fully saturated rings. The molecule has 1 aliphatic heterocycles. The van der Waals surface area contributed by atoms with E-state index in [-0.39, 0.29) is 24.0 Å². The van der Waals surface area contributed by atoms with Crippen molar-refractivity contribution in [2.24, 2.45) is 4.99 Å². The van der Waals surface area contributed by atoms with E-state index in [0.717, 1.165) is 25.2 Å². The first kappa shape index (κ1) is 22.2. The number of nitrogens with zero attached hydrogens (tertiary/aromatic N) is 2. The Labute approximate surface area is 177 Å². The molecule has 0 aromatic rings. The van der Waals surface area contributed by atoms with Gasteiger partial charge in [0.15, 0.2) is 5.96 Å². The van der Waals surface area contributed by atoms with E-state index >= 15 is 0 Å². The molecule has 1 heterocycles. The van der Waals surface area contributed by atoms with Crippen LogP contribution >= 0.6 is 24.0 Å². The molecule has 0 aromatic carbocycles. The van der Waals surface area contributed by atoms with Crippen molar-refractivity contribution in [3.63, 3.8) is 0 Å². The first-order valence-corrected chi connectivity index (χ1v) is 10.7. The van der Waals surface area contributed by atoms with Crippen molar-refractivity contribution in [3.05, 3.63) is 0 Å². The van der Waals surface area contributed by atoms with Gasteiger partial charge in [-0.2, -0.15) is 0 Å². The summed E-state index contributed by atoms with van der Waals surface area (Å²) in [5, 5.41) is 7.04. The summed E-state index contributed by atoms with van der Waals surface area (Å²) in [7, 11) is 1.87. The highest BCUT2D eigenvalue weighted by molar-refractivity contribution is 14.0. The van der Waals surface area contributed by atoms with Crippen LogP contribution in [0.1, 0.15) is 70.6 Å². The first-order chi connectivity index (χ1) is 12.3. The number of nitrogens with one attached hydrogen (secondary N) is 2. The quantitative estimate of drug-likeness (QED) is 0.202. The normalized spacial score (nSPS) is 26.5. The van der Waals surface area contributed by atoms with E-state index in [4.69, 9.17) is 4.74 Å². The van der Waals surface area contributed by atoms with Gasteiger partial charge in [0.25, 0.3) is 0 Å². The predicted octanol–water partition coefficient (Wildman–Crippen LogP) is 3.53. The second-order valence-corrected chi connectivity index (χ2v) is 8.05. The van der Waals surface area contributed by atoms with Crippen LogP contribution in [0.4, 0.5) is 0 Å². The van der Waals surface area contributed by atoms with Crippen molar-refractivity contribution < 1.29 is 4.74 Å². The topological polar surface area (TPSA) is 48.9 Å². The van der Waals surface area contributed by atoms with Crippen LogP contribution in [-0.4, -0.2) is 62.3 Å². The van der Waals surface area contributed by atoms with E-state index < -0.39 is 0 Å². The molecule has 5 nitrogen and oxygen atoms in total. The molecule has 1 atom stereocenters. The van der Waals surface area contributed by atoms with E-state index in [0.29, 0.717) is 12.1 Å². The molecule has 152 valence electrons. The van der Waals surface area contributed by atoms with Crippen molar-refractivity contribution in [1.29, 1.82) is 0 Å². The van der Waals surface area contributed by atoms with Crippen LogP contribution in [0.3, 0.4) is 0 Å². The lowest BCUT2D eigenvalue weighted by Crippen LogP contribution is -2.46. The number of halogens is 1. The molecule has 0 radical (unpaired) electrons. The van der Waals surface area contributed by atoms with Crippen LogP contribution < -0.4 is 10.6 Å². The number of aliphatic imine (C=N–C) groups is 1. The minimum Gasteiger partial charge on any atom is -0.376 e. The van der Waals surface area contributed by atoms with Gasteiger partial charge in [0.05, 0.1) is 12.7 Å². The molecule has 0 bridgehead atoms. The fourth-order valence-corrected chi connectivity index (χ4v) is 4.70. The van der Waals surface area contributed by atoms with Crippen LogP contribution in [0, 0.1) is 0 Å². The number of likely N-dealkylation sites (tertiary alicyclic amines) is 1. The molecule has 26 heavy (non-hydrogen) atoms. The van der Waals surface area contributed by atoms with E-state index in [1.165, 1.54) is 83.7 Å². The Morgan fingerprint density at radius 3 is 2.38 bits per heavy atom. The smallest absolute Gasteiger partial charge is 0.191 e. The molecule has 2 N–H and O–H groups in total. The molecule has 0 spiro atoms. The van der Waals surface area contributed by atoms with Crippen LogP contribution in [0.2, 0.25) is 0 Å². The number of hydrogen-bond donors (Lipinski definition) is 2. The molecule has 3 aliphatic rings. The minimum absolute atomic E-state index is 0. The second-order valence-electron chi connectivity index (χ2n) is 8.05. The zero-order valence-corrected chi connectivity index (χ0v) is 18.9. The fourth-order valence-electron chi connectivity index (χ4n) is 4.70. The standard InChI is InChI=1S/C20H38N4O.HI/c1-21-20(22-13-15-25-19-10-4-2-3-5-11-19)23-17-12-14-24(16-17)18-8-6-7-9-18;/h17-19H,2-16H2,1H3,(H2,21,22,23);1H. The highest BCUT2D eigenvalue weighted by Gasteiger charge is 2.30. The average Bonchev–Trinajstić information content (AvgIpc) is 3.25. The maximum Gasteiger partial charge on any atom is 0.191 e. The van der Waals surface area contributed by atoms with Gasteiger partial charge in [-0.05, 0) is 32.1 Å². The third-order valence-electron chi connectivity index (χ3n) is 6.18. The van der Waals surface area contributed by atoms with Gasteiger partial charge < -0.3 is 15.4 Å². The Kier molecular flexibility index (Phi) is 10.6. The van der Waals surface area contributed by atoms with Crippen molar-refractivity contribution in [1.82, 2.24) is 15.5 Å². The van der Waals surface area contributed by atoms with Crippen molar-refractivity contribution in [2.75, 3.05) is 33.3 Å². The molecule has 6 heteroatoms. The van der Waals surface area contributed by atoms with Gasteiger partial charge in [0, 0.05) is 38.8 Å². The van der Waals surface area contributed by atoms with Crippen molar-refractivity contribution >= 4 is 29.9 Å². The van der Waals surface area contributed by atoms with Gasteiger partial charge in [0.1, 0.15) is 0 Å². The zero-order chi connectivity index (χ0) is 17.3. The third kappa shape index (κ3) is 7.15. The van der Waals surface area contributed by atoms with Crippen LogP contribution in [-0.2, 0) is 4.74 Å². The second kappa shape index (κ2) is 12.4. The van der Waals surface area contributed by atoms with E-state index in [1.807, 2.05) is 7.05 Å². The number of guanidine groups is 1. The molecule has 1 saturated heterocycles. The van der Waals surface area contributed by atoms with Crippen molar-refractivity contribution in [3.8, 4) is 0 Å². The van der Waals surface area contributed by atoms with E-state index in [2.05, 4.69) is 20.5 Å². The average molecular weight is 478 g/mol. The van der Waals surface area contributed by atoms with Gasteiger partial charge in [-0.3, -0.25) is 9.89 Å². The summed E-state index contributed by atoms with van der Waals surface area (Å²) in [5.41, 5.74) is 0. The Morgan fingerprint density at radius 2 is 1.69 bits per heavy atom. The Balaban J connectivity index is 0.00000243. The molecule has 2 saturated carbocycles. The van der Waals surface area contributed by atoms with Gasteiger partial charge in [-0.15, -0.1) is 24.0 Å². The third-order valence-corrected chi connectivity index (χ3v) is 6.18. The summed E-state index contributed by atoms with van der Waals surface area (Å²) < 4.78 is 6.06. The summed E-state index contributed by atoms with van der Waals surface area (Å²) in [6.45, 7) is 4.04. The number of rotatable bonds is 6. The summed E-state index contributed by atoms with van der Waals surface area (Å²) >= 11 is 0. The SMILES string of the molecule is CN=C(NCCOC1CCCCCC1)NC1CCN(C2CCCC2)C1.I. The Morgan fingerprint density at radius 1 is 1.00 bits per heavy atom. The molecule has 2 aliphatic carbocycles. The molecular formula is C20H39IN4O. The fraction of sp³-hybridized carbons (Fsp3) is 0.950. The van der Waals surface area contributed by atoms with Crippen molar-refractivity contribution in [2.45, 2.75) is 88.8 Å². The number of hydrogen-bond acceptors (Lipinski definition) is 3. The first-order valence-electron chi connectivity index (χ1n) is 10.7. The molecule has 3 rings (SSSR count). The summed E-state index contributed by atoms with van der Waals surface area (Å²) in [5.74, 6) is 0.933. The van der Waals surface area contributed by atoms with Gasteiger partial charge in [-0.25, -0.2) is 0 Å². The van der Waals surface area contributed by atoms with Gasteiger partial charge in [0.2, 0.25) is 0 Å². The maximum absolute atomic E-state index is 6.06. The molecule has 1 unspecified atom stereocenters. The largest absolute Gasteiger partial charge is 0.376 e. The molecule has 0 amide bonds. The maximum atomic E-state index is 6.06. The lowest BCUT2D eigenvalue weighted by molar-refractivity contribution is 0.0468. The Bertz CT molecular complexity index is 407. The van der Waals surface area contributed by atoms with E-state index in [1.54, 1.807) is 0 Å². The summed E-state index contributed by atoms with van der Waals surface area (Å²) in [6, 6.07) is 1.38. The van der Waals surface area contributed by atoms with Crippen LogP contribution in [0.15, 0.2) is 4.99 Å². The lowest BCUT2D eigenvalue weighted by atomic mass is 10.1. The van der Waals surface area contributed by atoms with Crippen LogP contribution in [0.25, 0.3) is 0 Å². The molecular weight excluding hydrogens is 439 g/mol.